The summed E-state index contributed by atoms with van der Waals surface area (Å²) in [7, 11) is 0. The van der Waals surface area contributed by atoms with E-state index in [0.717, 1.165) is 31.5 Å². The Labute approximate surface area is 105 Å². The Hall–Kier alpha value is -1.69. The maximum atomic E-state index is 10.9. The number of carbonyl (C=O) groups excluding carboxylic acids is 1. The molecule has 0 saturated carbocycles. The SMILES string of the molecule is NC(=O)c1ccc(N2C3CCC2CC(O)C3)nn1. The van der Waals surface area contributed by atoms with Crippen LogP contribution in [0.5, 0.6) is 0 Å². The molecular formula is C12H16N4O2. The van der Waals surface area contributed by atoms with Crippen molar-refractivity contribution in [2.24, 2.45) is 5.73 Å². The molecule has 2 unspecified atom stereocenters. The van der Waals surface area contributed by atoms with Gasteiger partial charge in [0.2, 0.25) is 0 Å². The number of piperidine rings is 1. The quantitative estimate of drug-likeness (QED) is 0.772. The third kappa shape index (κ3) is 1.82. The van der Waals surface area contributed by atoms with Gasteiger partial charge in [0.25, 0.3) is 5.91 Å². The van der Waals surface area contributed by atoms with Gasteiger partial charge in [0, 0.05) is 12.1 Å². The Bertz CT molecular complexity index is 448. The van der Waals surface area contributed by atoms with Gasteiger partial charge >= 0.3 is 0 Å². The molecule has 0 aromatic carbocycles. The summed E-state index contributed by atoms with van der Waals surface area (Å²) in [5.41, 5.74) is 5.32. The van der Waals surface area contributed by atoms with E-state index in [4.69, 9.17) is 5.73 Å². The molecule has 2 bridgehead atoms. The van der Waals surface area contributed by atoms with Gasteiger partial charge in [0.15, 0.2) is 11.5 Å². The third-order valence-electron chi connectivity index (χ3n) is 3.88. The van der Waals surface area contributed by atoms with Gasteiger partial charge in [0.05, 0.1) is 6.10 Å². The Kier molecular flexibility index (Phi) is 2.66. The van der Waals surface area contributed by atoms with Gasteiger partial charge in [-0.1, -0.05) is 0 Å². The second-order valence-electron chi connectivity index (χ2n) is 5.06. The molecule has 2 aliphatic heterocycles. The van der Waals surface area contributed by atoms with Crippen LogP contribution in [0.15, 0.2) is 12.1 Å². The number of aromatic nitrogens is 2. The predicted octanol–water partition coefficient (Wildman–Crippen LogP) is 0.0676. The molecule has 96 valence electrons. The summed E-state index contributed by atoms with van der Waals surface area (Å²) in [6.45, 7) is 0. The number of anilines is 1. The van der Waals surface area contributed by atoms with Crippen LogP contribution in [0.3, 0.4) is 0 Å². The van der Waals surface area contributed by atoms with Crippen LogP contribution in [0.2, 0.25) is 0 Å². The number of nitrogens with zero attached hydrogens (tertiary/aromatic N) is 3. The highest BCUT2D eigenvalue weighted by Crippen LogP contribution is 2.38. The van der Waals surface area contributed by atoms with Crippen molar-refractivity contribution in [1.29, 1.82) is 0 Å². The van der Waals surface area contributed by atoms with E-state index in [9.17, 15) is 9.90 Å². The normalized spacial score (nSPS) is 30.5. The van der Waals surface area contributed by atoms with Gasteiger partial charge < -0.3 is 15.7 Å². The Morgan fingerprint density at radius 2 is 1.94 bits per heavy atom. The Balaban J connectivity index is 1.85. The molecule has 0 spiro atoms. The van der Waals surface area contributed by atoms with E-state index in [-0.39, 0.29) is 11.8 Å². The van der Waals surface area contributed by atoms with Crippen molar-refractivity contribution in [3.63, 3.8) is 0 Å². The third-order valence-corrected chi connectivity index (χ3v) is 3.88. The zero-order valence-corrected chi connectivity index (χ0v) is 9.99. The van der Waals surface area contributed by atoms with E-state index in [1.807, 2.05) is 0 Å². The van der Waals surface area contributed by atoms with Crippen molar-refractivity contribution in [2.45, 2.75) is 43.9 Å². The molecule has 2 fully saturated rings. The van der Waals surface area contributed by atoms with Crippen molar-refractivity contribution in [3.8, 4) is 0 Å². The molecule has 1 amide bonds. The van der Waals surface area contributed by atoms with Crippen LogP contribution in [-0.2, 0) is 0 Å². The summed E-state index contributed by atoms with van der Waals surface area (Å²) in [5.74, 6) is 0.213. The van der Waals surface area contributed by atoms with Crippen LogP contribution in [0.25, 0.3) is 0 Å². The van der Waals surface area contributed by atoms with Crippen molar-refractivity contribution in [3.05, 3.63) is 17.8 Å². The minimum atomic E-state index is -0.564. The highest BCUT2D eigenvalue weighted by molar-refractivity contribution is 5.90. The lowest BCUT2D eigenvalue weighted by atomic mass is 10.00. The lowest BCUT2D eigenvalue weighted by Crippen LogP contribution is -2.45. The summed E-state index contributed by atoms with van der Waals surface area (Å²) in [4.78, 5) is 13.2. The Morgan fingerprint density at radius 3 is 2.44 bits per heavy atom. The standard InChI is InChI=1S/C12H16N4O2/c13-12(18)10-3-4-11(15-14-10)16-7-1-2-8(16)6-9(17)5-7/h3-4,7-9,17H,1-2,5-6H2,(H2,13,18). The maximum Gasteiger partial charge on any atom is 0.269 e. The first-order valence-corrected chi connectivity index (χ1v) is 6.25. The Morgan fingerprint density at radius 1 is 1.28 bits per heavy atom. The average Bonchev–Trinajstić information content (AvgIpc) is 2.62. The van der Waals surface area contributed by atoms with Gasteiger partial charge in [-0.05, 0) is 37.8 Å². The van der Waals surface area contributed by atoms with Gasteiger partial charge in [-0.3, -0.25) is 4.79 Å². The lowest BCUT2D eigenvalue weighted by Gasteiger charge is -2.37. The first-order chi connectivity index (χ1) is 8.65. The summed E-state index contributed by atoms with van der Waals surface area (Å²) in [6.07, 6.45) is 3.55. The molecule has 0 radical (unpaired) electrons. The second kappa shape index (κ2) is 4.20. The van der Waals surface area contributed by atoms with E-state index in [1.165, 1.54) is 0 Å². The molecule has 3 N–H and O–H groups in total. The van der Waals surface area contributed by atoms with Crippen molar-refractivity contribution in [2.75, 3.05) is 4.90 Å². The lowest BCUT2D eigenvalue weighted by molar-refractivity contribution is 0.0994. The fraction of sp³-hybridized carbons (Fsp3) is 0.583. The van der Waals surface area contributed by atoms with E-state index in [2.05, 4.69) is 15.1 Å². The van der Waals surface area contributed by atoms with E-state index in [0.29, 0.717) is 12.1 Å². The number of fused-ring (bicyclic) bond motifs is 2. The summed E-state index contributed by atoms with van der Waals surface area (Å²) in [6, 6.07) is 4.07. The monoisotopic (exact) mass is 248 g/mol. The molecule has 1 aromatic heterocycles. The molecule has 0 aliphatic carbocycles. The van der Waals surface area contributed by atoms with Crippen LogP contribution < -0.4 is 10.6 Å². The van der Waals surface area contributed by atoms with Crippen molar-refractivity contribution < 1.29 is 9.90 Å². The van der Waals surface area contributed by atoms with Crippen LogP contribution in [-0.4, -0.2) is 39.4 Å². The molecule has 6 heteroatoms. The number of amides is 1. The van der Waals surface area contributed by atoms with Crippen molar-refractivity contribution in [1.82, 2.24) is 10.2 Å². The number of hydrogen-bond acceptors (Lipinski definition) is 5. The summed E-state index contributed by atoms with van der Waals surface area (Å²) in [5, 5.41) is 17.7. The number of aliphatic hydroxyl groups is 1. The first kappa shape index (κ1) is 11.4. The van der Waals surface area contributed by atoms with E-state index in [1.54, 1.807) is 12.1 Å². The number of nitrogens with two attached hydrogens (primary N) is 1. The number of carbonyl (C=O) groups is 1. The fourth-order valence-electron chi connectivity index (χ4n) is 3.12. The first-order valence-electron chi connectivity index (χ1n) is 6.25. The van der Waals surface area contributed by atoms with E-state index >= 15 is 0 Å². The topological polar surface area (TPSA) is 92.3 Å². The zero-order chi connectivity index (χ0) is 12.7. The minimum Gasteiger partial charge on any atom is -0.393 e. The largest absolute Gasteiger partial charge is 0.393 e. The van der Waals surface area contributed by atoms with Gasteiger partial charge in [-0.2, -0.15) is 0 Å². The molecule has 2 aliphatic rings. The molecule has 18 heavy (non-hydrogen) atoms. The minimum absolute atomic E-state index is 0.183. The van der Waals surface area contributed by atoms with E-state index < -0.39 is 5.91 Å². The highest BCUT2D eigenvalue weighted by Gasteiger charge is 2.40. The van der Waals surface area contributed by atoms with Gasteiger partial charge in [0.1, 0.15) is 0 Å². The van der Waals surface area contributed by atoms with Crippen LogP contribution >= 0.6 is 0 Å². The molecule has 3 heterocycles. The second-order valence-corrected chi connectivity index (χ2v) is 5.06. The molecule has 2 atom stereocenters. The van der Waals surface area contributed by atoms with Crippen LogP contribution in [0.4, 0.5) is 5.82 Å². The van der Waals surface area contributed by atoms with Crippen LogP contribution in [0, 0.1) is 0 Å². The number of primary amides is 1. The highest BCUT2D eigenvalue weighted by atomic mass is 16.3. The molecule has 1 aromatic rings. The zero-order valence-electron chi connectivity index (χ0n) is 9.99. The fourth-order valence-corrected chi connectivity index (χ4v) is 3.12. The molecular weight excluding hydrogens is 232 g/mol. The van der Waals surface area contributed by atoms with Crippen molar-refractivity contribution >= 4 is 11.7 Å². The van der Waals surface area contributed by atoms with Crippen LogP contribution in [0.1, 0.15) is 36.2 Å². The smallest absolute Gasteiger partial charge is 0.269 e. The average molecular weight is 248 g/mol. The number of rotatable bonds is 2. The number of aliphatic hydroxyl groups excluding tert-OH is 1. The van der Waals surface area contributed by atoms with Gasteiger partial charge in [-0.15, -0.1) is 10.2 Å². The molecule has 2 saturated heterocycles. The van der Waals surface area contributed by atoms with Gasteiger partial charge in [-0.25, -0.2) is 0 Å². The molecule has 6 nitrogen and oxygen atoms in total. The molecule has 3 rings (SSSR count). The number of hydrogen-bond donors (Lipinski definition) is 2. The maximum absolute atomic E-state index is 10.9. The predicted molar refractivity (Wildman–Crippen MR) is 65.1 cm³/mol. The summed E-state index contributed by atoms with van der Waals surface area (Å²) >= 11 is 0. The summed E-state index contributed by atoms with van der Waals surface area (Å²) < 4.78 is 0.